The lowest BCUT2D eigenvalue weighted by Gasteiger charge is -2.24. The molecule has 21 heavy (non-hydrogen) atoms. The first-order valence-corrected chi connectivity index (χ1v) is 7.44. The molecule has 0 bridgehead atoms. The molecule has 0 radical (unpaired) electrons. The van der Waals surface area contributed by atoms with Gasteiger partial charge >= 0.3 is 0 Å². The van der Waals surface area contributed by atoms with Gasteiger partial charge in [-0.05, 0) is 31.4 Å². The van der Waals surface area contributed by atoms with Gasteiger partial charge in [-0.1, -0.05) is 11.2 Å². The van der Waals surface area contributed by atoms with Crippen molar-refractivity contribution in [1.29, 1.82) is 0 Å². The molecule has 5 nitrogen and oxygen atoms in total. The van der Waals surface area contributed by atoms with Crippen LogP contribution in [0.3, 0.4) is 0 Å². The van der Waals surface area contributed by atoms with Gasteiger partial charge in [-0.25, -0.2) is 0 Å². The second kappa shape index (κ2) is 6.83. The average Bonchev–Trinajstić information content (AvgIpc) is 3.12. The third kappa shape index (κ3) is 4.12. The number of rotatable bonds is 6. The zero-order chi connectivity index (χ0) is 14.5. The monoisotopic (exact) mass is 287 g/mol. The van der Waals surface area contributed by atoms with Crippen molar-refractivity contribution < 1.29 is 9.26 Å². The summed E-state index contributed by atoms with van der Waals surface area (Å²) in [5.74, 6) is 0.898. The van der Waals surface area contributed by atoms with Gasteiger partial charge in [0.1, 0.15) is 0 Å². The van der Waals surface area contributed by atoms with Crippen LogP contribution in [0.1, 0.15) is 29.9 Å². The molecule has 0 spiro atoms. The van der Waals surface area contributed by atoms with Crippen LogP contribution in [0.4, 0.5) is 0 Å². The summed E-state index contributed by atoms with van der Waals surface area (Å²) in [6, 6.07) is 6.06. The maximum atomic E-state index is 5.76. The fourth-order valence-electron chi connectivity index (χ4n) is 2.72. The Hall–Kier alpha value is -1.72. The van der Waals surface area contributed by atoms with Crippen molar-refractivity contribution in [3.8, 4) is 0 Å². The molecule has 0 aliphatic carbocycles. The number of ether oxygens (including phenoxy) is 1. The summed E-state index contributed by atoms with van der Waals surface area (Å²) in [5.41, 5.74) is 2.12. The molecule has 0 unspecified atom stereocenters. The molecule has 0 N–H and O–H groups in total. The summed E-state index contributed by atoms with van der Waals surface area (Å²) >= 11 is 0. The molecule has 1 atom stereocenters. The maximum absolute atomic E-state index is 5.76. The summed E-state index contributed by atoms with van der Waals surface area (Å²) in [7, 11) is 0. The highest BCUT2D eigenvalue weighted by molar-refractivity contribution is 5.09. The first-order chi connectivity index (χ1) is 10.3. The van der Waals surface area contributed by atoms with E-state index in [2.05, 4.69) is 21.1 Å². The van der Waals surface area contributed by atoms with Gasteiger partial charge < -0.3 is 9.26 Å². The quantitative estimate of drug-likeness (QED) is 0.817. The van der Waals surface area contributed by atoms with E-state index in [1.165, 1.54) is 5.56 Å². The Labute approximate surface area is 124 Å². The number of hydrogen-bond donors (Lipinski definition) is 0. The van der Waals surface area contributed by atoms with E-state index in [1.54, 1.807) is 6.20 Å². The molecule has 1 aliphatic heterocycles. The highest BCUT2D eigenvalue weighted by Crippen LogP contribution is 2.17. The zero-order valence-corrected chi connectivity index (χ0v) is 12.4. The molecule has 0 amide bonds. The van der Waals surface area contributed by atoms with Gasteiger partial charge in [-0.3, -0.25) is 9.88 Å². The Morgan fingerprint density at radius 2 is 2.33 bits per heavy atom. The van der Waals surface area contributed by atoms with Crippen molar-refractivity contribution >= 4 is 0 Å². The van der Waals surface area contributed by atoms with E-state index >= 15 is 0 Å². The lowest BCUT2D eigenvalue weighted by Crippen LogP contribution is -2.31. The summed E-state index contributed by atoms with van der Waals surface area (Å²) in [5, 5.41) is 3.96. The normalized spacial score (nSPS) is 18.5. The molecular weight excluding hydrogens is 266 g/mol. The van der Waals surface area contributed by atoms with Gasteiger partial charge in [-0.2, -0.15) is 0 Å². The molecule has 5 heteroatoms. The molecule has 1 aliphatic rings. The number of aromatic nitrogens is 2. The molecule has 3 heterocycles. The van der Waals surface area contributed by atoms with E-state index in [1.807, 2.05) is 25.3 Å². The summed E-state index contributed by atoms with van der Waals surface area (Å²) in [6.45, 7) is 5.32. The zero-order valence-electron chi connectivity index (χ0n) is 12.4. The van der Waals surface area contributed by atoms with E-state index in [4.69, 9.17) is 9.26 Å². The standard InChI is InChI=1S/C16H21N3O2/c1-13-8-16(21-18-13)12-19(11-15-5-3-7-20-15)10-14-4-2-6-17-9-14/h2,4,6,8-9,15H,3,5,7,10-12H2,1H3/t15-/m0/s1. The van der Waals surface area contributed by atoms with Crippen LogP contribution in [-0.2, 0) is 17.8 Å². The van der Waals surface area contributed by atoms with E-state index < -0.39 is 0 Å². The number of aryl methyl sites for hydroxylation is 1. The van der Waals surface area contributed by atoms with Gasteiger partial charge in [-0.15, -0.1) is 0 Å². The minimum Gasteiger partial charge on any atom is -0.377 e. The average molecular weight is 287 g/mol. The van der Waals surface area contributed by atoms with Crippen LogP contribution in [-0.4, -0.2) is 34.3 Å². The molecule has 2 aromatic heterocycles. The number of hydrogen-bond acceptors (Lipinski definition) is 5. The number of nitrogens with zero attached hydrogens (tertiary/aromatic N) is 3. The molecule has 0 saturated carbocycles. The minimum atomic E-state index is 0.325. The topological polar surface area (TPSA) is 51.4 Å². The smallest absolute Gasteiger partial charge is 0.150 e. The van der Waals surface area contributed by atoms with Crippen molar-refractivity contribution in [2.45, 2.75) is 39.0 Å². The van der Waals surface area contributed by atoms with Crippen molar-refractivity contribution in [3.63, 3.8) is 0 Å². The molecule has 3 rings (SSSR count). The van der Waals surface area contributed by atoms with Gasteiger partial charge in [0.05, 0.1) is 18.3 Å². The molecule has 1 saturated heterocycles. The Balaban J connectivity index is 1.67. The minimum absolute atomic E-state index is 0.325. The Morgan fingerprint density at radius 3 is 3.00 bits per heavy atom. The first-order valence-electron chi connectivity index (χ1n) is 7.44. The largest absolute Gasteiger partial charge is 0.377 e. The van der Waals surface area contributed by atoms with Crippen LogP contribution < -0.4 is 0 Å². The van der Waals surface area contributed by atoms with Crippen molar-refractivity contribution in [1.82, 2.24) is 15.0 Å². The van der Waals surface area contributed by atoms with Crippen molar-refractivity contribution in [3.05, 3.63) is 47.6 Å². The van der Waals surface area contributed by atoms with Crippen LogP contribution in [0.2, 0.25) is 0 Å². The van der Waals surface area contributed by atoms with Crippen LogP contribution in [0, 0.1) is 6.92 Å². The van der Waals surface area contributed by atoms with Gasteiger partial charge in [0.15, 0.2) is 5.76 Å². The molecule has 1 fully saturated rings. The van der Waals surface area contributed by atoms with Crippen LogP contribution in [0.15, 0.2) is 35.1 Å². The molecule has 2 aromatic rings. The summed E-state index contributed by atoms with van der Waals surface area (Å²) < 4.78 is 11.1. The molecule has 112 valence electrons. The SMILES string of the molecule is Cc1cc(CN(Cc2cccnc2)C[C@@H]2CCCO2)on1. The Kier molecular flexibility index (Phi) is 4.62. The van der Waals surface area contributed by atoms with E-state index in [0.29, 0.717) is 6.10 Å². The van der Waals surface area contributed by atoms with Crippen LogP contribution in [0.25, 0.3) is 0 Å². The third-order valence-electron chi connectivity index (χ3n) is 3.67. The fourth-order valence-corrected chi connectivity index (χ4v) is 2.72. The Bertz CT molecular complexity index is 550. The third-order valence-corrected chi connectivity index (χ3v) is 3.67. The fraction of sp³-hybridized carbons (Fsp3) is 0.500. The maximum Gasteiger partial charge on any atom is 0.150 e. The summed E-state index contributed by atoms with van der Waals surface area (Å²) in [4.78, 5) is 6.53. The predicted molar refractivity (Wildman–Crippen MR) is 78.6 cm³/mol. The predicted octanol–water partition coefficient (Wildman–Crippen LogP) is 2.56. The van der Waals surface area contributed by atoms with E-state index in [0.717, 1.165) is 50.5 Å². The first kappa shape index (κ1) is 14.2. The highest BCUT2D eigenvalue weighted by atomic mass is 16.5. The number of pyridine rings is 1. The van der Waals surface area contributed by atoms with Crippen LogP contribution in [0.5, 0.6) is 0 Å². The Morgan fingerprint density at radius 1 is 1.38 bits per heavy atom. The highest BCUT2D eigenvalue weighted by Gasteiger charge is 2.20. The second-order valence-corrected chi connectivity index (χ2v) is 5.60. The second-order valence-electron chi connectivity index (χ2n) is 5.60. The van der Waals surface area contributed by atoms with Crippen molar-refractivity contribution in [2.24, 2.45) is 0 Å². The van der Waals surface area contributed by atoms with Crippen molar-refractivity contribution in [2.75, 3.05) is 13.2 Å². The van der Waals surface area contributed by atoms with Gasteiger partial charge in [0.2, 0.25) is 0 Å². The molecule has 0 aromatic carbocycles. The summed E-state index contributed by atoms with van der Waals surface area (Å²) in [6.07, 6.45) is 6.33. The van der Waals surface area contributed by atoms with Gasteiger partial charge in [0.25, 0.3) is 0 Å². The van der Waals surface area contributed by atoms with E-state index in [-0.39, 0.29) is 0 Å². The van der Waals surface area contributed by atoms with E-state index in [9.17, 15) is 0 Å². The molecular formula is C16H21N3O2. The lowest BCUT2D eigenvalue weighted by molar-refractivity contribution is 0.0646. The van der Waals surface area contributed by atoms with Crippen LogP contribution >= 0.6 is 0 Å². The van der Waals surface area contributed by atoms with Gasteiger partial charge in [0, 0.05) is 38.2 Å². The lowest BCUT2D eigenvalue weighted by atomic mass is 10.2.